The van der Waals surface area contributed by atoms with E-state index >= 15 is 0 Å². The van der Waals surface area contributed by atoms with Crippen LogP contribution in [0.15, 0.2) is 29.6 Å². The average molecular weight is 336 g/mol. The van der Waals surface area contributed by atoms with E-state index in [9.17, 15) is 4.79 Å². The molecule has 1 aromatic heterocycles. The third-order valence-corrected chi connectivity index (χ3v) is 5.10. The van der Waals surface area contributed by atoms with Gasteiger partial charge in [-0.1, -0.05) is 29.8 Å². The van der Waals surface area contributed by atoms with Gasteiger partial charge < -0.3 is 9.80 Å². The smallest absolute Gasteiger partial charge is 0.228 e. The number of likely N-dealkylation sites (N-methyl/N-ethyl adjacent to an activating group) is 1. The monoisotopic (exact) mass is 335 g/mol. The third-order valence-electron chi connectivity index (χ3n) is 3.84. The minimum absolute atomic E-state index is 0.157. The van der Waals surface area contributed by atoms with Crippen molar-refractivity contribution in [3.8, 4) is 10.6 Å². The van der Waals surface area contributed by atoms with Crippen molar-refractivity contribution in [1.82, 2.24) is 14.8 Å². The molecular formula is C16H18ClN3OS. The Balaban J connectivity index is 1.67. The molecule has 116 valence electrons. The summed E-state index contributed by atoms with van der Waals surface area (Å²) in [5.74, 6) is 0.157. The van der Waals surface area contributed by atoms with Crippen LogP contribution in [0.4, 0.5) is 0 Å². The van der Waals surface area contributed by atoms with Gasteiger partial charge in [0.05, 0.1) is 17.1 Å². The number of carbonyl (C=O) groups excluding carboxylic acids is 1. The summed E-state index contributed by atoms with van der Waals surface area (Å²) in [5, 5.41) is 3.51. The van der Waals surface area contributed by atoms with Crippen LogP contribution in [-0.2, 0) is 11.2 Å². The standard InChI is InChI=1S/C16H18ClN3OS/c1-19-6-8-20(9-7-19)15(21)10-12-11-22-16(18-12)13-4-2-3-5-14(13)17/h2-5,11H,6-10H2,1H3. The van der Waals surface area contributed by atoms with E-state index in [1.54, 1.807) is 0 Å². The van der Waals surface area contributed by atoms with Crippen LogP contribution in [0, 0.1) is 0 Å². The van der Waals surface area contributed by atoms with Gasteiger partial charge in [-0.25, -0.2) is 4.98 Å². The summed E-state index contributed by atoms with van der Waals surface area (Å²) in [4.78, 5) is 21.1. The molecule has 4 nitrogen and oxygen atoms in total. The molecule has 22 heavy (non-hydrogen) atoms. The van der Waals surface area contributed by atoms with E-state index in [-0.39, 0.29) is 5.91 Å². The lowest BCUT2D eigenvalue weighted by molar-refractivity contribution is -0.132. The minimum Gasteiger partial charge on any atom is -0.340 e. The molecule has 1 saturated heterocycles. The lowest BCUT2D eigenvalue weighted by Crippen LogP contribution is -2.47. The molecule has 6 heteroatoms. The van der Waals surface area contributed by atoms with E-state index in [2.05, 4.69) is 16.9 Å². The largest absolute Gasteiger partial charge is 0.340 e. The Labute approximate surface area is 139 Å². The van der Waals surface area contributed by atoms with Gasteiger partial charge in [-0.15, -0.1) is 11.3 Å². The Morgan fingerprint density at radius 1 is 1.27 bits per heavy atom. The van der Waals surface area contributed by atoms with Crippen LogP contribution in [0.25, 0.3) is 10.6 Å². The van der Waals surface area contributed by atoms with Gasteiger partial charge in [0.25, 0.3) is 0 Å². The fourth-order valence-corrected chi connectivity index (χ4v) is 3.61. The molecule has 0 spiro atoms. The van der Waals surface area contributed by atoms with Gasteiger partial charge in [0.2, 0.25) is 5.91 Å². The van der Waals surface area contributed by atoms with Gasteiger partial charge in [0.1, 0.15) is 5.01 Å². The number of hydrogen-bond acceptors (Lipinski definition) is 4. The van der Waals surface area contributed by atoms with Crippen molar-refractivity contribution in [1.29, 1.82) is 0 Å². The maximum atomic E-state index is 12.3. The molecular weight excluding hydrogens is 318 g/mol. The first kappa shape index (κ1) is 15.5. The maximum absolute atomic E-state index is 12.3. The Morgan fingerprint density at radius 2 is 2.00 bits per heavy atom. The van der Waals surface area contributed by atoms with Crippen LogP contribution in [0.3, 0.4) is 0 Å². The summed E-state index contributed by atoms with van der Waals surface area (Å²) < 4.78 is 0. The number of carbonyl (C=O) groups is 1. The Bertz CT molecular complexity index is 665. The zero-order valence-electron chi connectivity index (χ0n) is 12.5. The maximum Gasteiger partial charge on any atom is 0.228 e. The summed E-state index contributed by atoms with van der Waals surface area (Å²) in [5.41, 5.74) is 1.75. The number of benzene rings is 1. The van der Waals surface area contributed by atoms with Crippen LogP contribution >= 0.6 is 22.9 Å². The van der Waals surface area contributed by atoms with Crippen LogP contribution in [0.5, 0.6) is 0 Å². The molecule has 0 unspecified atom stereocenters. The van der Waals surface area contributed by atoms with E-state index in [4.69, 9.17) is 11.6 Å². The van der Waals surface area contributed by atoms with Gasteiger partial charge in [-0.2, -0.15) is 0 Å². The topological polar surface area (TPSA) is 36.4 Å². The normalized spacial score (nSPS) is 16.0. The molecule has 2 aromatic rings. The number of thiazole rings is 1. The zero-order chi connectivity index (χ0) is 15.5. The second-order valence-electron chi connectivity index (χ2n) is 5.48. The van der Waals surface area contributed by atoms with E-state index in [0.29, 0.717) is 11.4 Å². The number of aromatic nitrogens is 1. The molecule has 0 N–H and O–H groups in total. The Hall–Kier alpha value is -1.43. The fourth-order valence-electron chi connectivity index (χ4n) is 2.47. The molecule has 0 saturated carbocycles. The molecule has 0 radical (unpaired) electrons. The minimum atomic E-state index is 0.157. The van der Waals surface area contributed by atoms with Gasteiger partial charge in [-0.05, 0) is 13.1 Å². The zero-order valence-corrected chi connectivity index (χ0v) is 14.0. The van der Waals surface area contributed by atoms with Crippen molar-refractivity contribution in [3.05, 3.63) is 40.4 Å². The highest BCUT2D eigenvalue weighted by Gasteiger charge is 2.20. The first-order chi connectivity index (χ1) is 10.6. The second-order valence-corrected chi connectivity index (χ2v) is 6.75. The summed E-state index contributed by atoms with van der Waals surface area (Å²) in [6.45, 7) is 3.48. The molecule has 1 aliphatic heterocycles. The highest BCUT2D eigenvalue weighted by molar-refractivity contribution is 7.13. The van der Waals surface area contributed by atoms with Gasteiger partial charge in [0.15, 0.2) is 0 Å². The molecule has 3 rings (SSSR count). The molecule has 0 bridgehead atoms. The predicted molar refractivity (Wildman–Crippen MR) is 90.3 cm³/mol. The molecule has 1 aliphatic rings. The fraction of sp³-hybridized carbons (Fsp3) is 0.375. The Kier molecular flexibility index (Phi) is 4.76. The number of amides is 1. The molecule has 1 fully saturated rings. The molecule has 1 aromatic carbocycles. The third kappa shape index (κ3) is 3.48. The van der Waals surface area contributed by atoms with Crippen molar-refractivity contribution >= 4 is 28.8 Å². The Morgan fingerprint density at radius 3 is 2.73 bits per heavy atom. The lowest BCUT2D eigenvalue weighted by Gasteiger charge is -2.32. The lowest BCUT2D eigenvalue weighted by atomic mass is 10.2. The summed E-state index contributed by atoms with van der Waals surface area (Å²) in [6.07, 6.45) is 0.366. The van der Waals surface area contributed by atoms with Gasteiger partial charge in [-0.3, -0.25) is 4.79 Å². The molecule has 0 atom stereocenters. The number of halogens is 1. The SMILES string of the molecule is CN1CCN(C(=O)Cc2csc(-c3ccccc3Cl)n2)CC1. The quantitative estimate of drug-likeness (QED) is 0.865. The van der Waals surface area contributed by atoms with Crippen molar-refractivity contribution in [2.75, 3.05) is 33.2 Å². The van der Waals surface area contributed by atoms with E-state index in [1.807, 2.05) is 34.5 Å². The van der Waals surface area contributed by atoms with Gasteiger partial charge >= 0.3 is 0 Å². The van der Waals surface area contributed by atoms with Crippen molar-refractivity contribution in [2.24, 2.45) is 0 Å². The highest BCUT2D eigenvalue weighted by Crippen LogP contribution is 2.30. The second kappa shape index (κ2) is 6.77. The summed E-state index contributed by atoms with van der Waals surface area (Å²) in [6, 6.07) is 7.65. The molecule has 0 aliphatic carbocycles. The van der Waals surface area contributed by atoms with E-state index < -0.39 is 0 Å². The van der Waals surface area contributed by atoms with Crippen LogP contribution in [0.2, 0.25) is 5.02 Å². The van der Waals surface area contributed by atoms with Gasteiger partial charge in [0, 0.05) is 37.1 Å². The van der Waals surface area contributed by atoms with Crippen LogP contribution in [0.1, 0.15) is 5.69 Å². The van der Waals surface area contributed by atoms with Crippen LogP contribution in [-0.4, -0.2) is 53.9 Å². The molecule has 2 heterocycles. The van der Waals surface area contributed by atoms with E-state index in [0.717, 1.165) is 42.4 Å². The predicted octanol–water partition coefficient (Wildman–Crippen LogP) is 2.78. The van der Waals surface area contributed by atoms with Crippen molar-refractivity contribution in [3.63, 3.8) is 0 Å². The number of hydrogen-bond donors (Lipinski definition) is 0. The van der Waals surface area contributed by atoms with Crippen molar-refractivity contribution < 1.29 is 4.79 Å². The summed E-state index contributed by atoms with van der Waals surface area (Å²) in [7, 11) is 2.08. The number of nitrogens with zero attached hydrogens (tertiary/aromatic N) is 3. The number of piperazine rings is 1. The van der Waals surface area contributed by atoms with Crippen molar-refractivity contribution in [2.45, 2.75) is 6.42 Å². The number of rotatable bonds is 3. The first-order valence-electron chi connectivity index (χ1n) is 7.29. The highest BCUT2D eigenvalue weighted by atomic mass is 35.5. The van der Waals surface area contributed by atoms with Crippen LogP contribution < -0.4 is 0 Å². The molecule has 1 amide bonds. The first-order valence-corrected chi connectivity index (χ1v) is 8.55. The summed E-state index contributed by atoms with van der Waals surface area (Å²) >= 11 is 7.73. The van der Waals surface area contributed by atoms with E-state index in [1.165, 1.54) is 11.3 Å². The average Bonchev–Trinajstić information content (AvgIpc) is 2.96.